The van der Waals surface area contributed by atoms with Gasteiger partial charge in [-0.05, 0) is 12.8 Å². The number of rotatable bonds is 2. The zero-order valence-electron chi connectivity index (χ0n) is 11.1. The molecule has 1 aliphatic rings. The van der Waals surface area contributed by atoms with Crippen LogP contribution in [0.1, 0.15) is 32.1 Å². The summed E-state index contributed by atoms with van der Waals surface area (Å²) >= 11 is 0. The average Bonchev–Trinajstić information content (AvgIpc) is 2.89. The second kappa shape index (κ2) is 5.28. The first-order valence-electron chi connectivity index (χ1n) is 6.30. The topological polar surface area (TPSA) is 85.2 Å². The molecule has 106 valence electrons. The second-order valence-corrected chi connectivity index (χ2v) is 7.08. The van der Waals surface area contributed by atoms with Gasteiger partial charge in [0.15, 0.2) is 0 Å². The van der Waals surface area contributed by atoms with Crippen molar-refractivity contribution in [2.75, 3.05) is 14.1 Å². The Bertz CT molecular complexity index is 558. The predicted molar refractivity (Wildman–Crippen MR) is 68.6 cm³/mol. The van der Waals surface area contributed by atoms with Crippen LogP contribution in [0.5, 0.6) is 0 Å². The molecule has 2 rings (SSSR count). The zero-order valence-corrected chi connectivity index (χ0v) is 11.9. The third kappa shape index (κ3) is 2.78. The van der Waals surface area contributed by atoms with E-state index in [1.807, 2.05) is 0 Å². The lowest BCUT2D eigenvalue weighted by Gasteiger charge is -2.19. The van der Waals surface area contributed by atoms with Crippen LogP contribution >= 0.6 is 0 Å². The number of nitrogens with zero attached hydrogens (tertiary/aromatic N) is 4. The highest BCUT2D eigenvalue weighted by Gasteiger charge is 2.32. The van der Waals surface area contributed by atoms with Crippen molar-refractivity contribution in [1.82, 2.24) is 19.7 Å². The number of carbonyl (C=O) groups excluding carboxylic acids is 1. The van der Waals surface area contributed by atoms with E-state index in [2.05, 4.69) is 10.1 Å². The summed E-state index contributed by atoms with van der Waals surface area (Å²) in [5.41, 5.74) is 0. The highest BCUT2D eigenvalue weighted by atomic mass is 32.2. The second-order valence-electron chi connectivity index (χ2n) is 4.95. The van der Waals surface area contributed by atoms with E-state index in [4.69, 9.17) is 0 Å². The molecular formula is C11H18N4O3S. The standard InChI is InChI=1S/C11H18N4O3S/c1-14(2)11(16)15-8-12-10(13-15)19(17,18)9-6-4-3-5-7-9/h8-9H,3-7H2,1-2H3. The van der Waals surface area contributed by atoms with Crippen molar-refractivity contribution in [3.8, 4) is 0 Å². The molecule has 1 amide bonds. The maximum absolute atomic E-state index is 12.3. The van der Waals surface area contributed by atoms with E-state index < -0.39 is 21.1 Å². The van der Waals surface area contributed by atoms with E-state index in [1.165, 1.54) is 4.90 Å². The van der Waals surface area contributed by atoms with E-state index in [0.29, 0.717) is 12.8 Å². The molecule has 0 aliphatic heterocycles. The number of carbonyl (C=O) groups is 1. The summed E-state index contributed by atoms with van der Waals surface area (Å²) in [6, 6.07) is -0.419. The van der Waals surface area contributed by atoms with Crippen molar-refractivity contribution in [3.63, 3.8) is 0 Å². The normalized spacial score (nSPS) is 17.4. The minimum atomic E-state index is -3.51. The molecule has 0 spiro atoms. The average molecular weight is 286 g/mol. The van der Waals surface area contributed by atoms with Crippen LogP contribution in [0.15, 0.2) is 11.5 Å². The van der Waals surface area contributed by atoms with Gasteiger partial charge in [-0.25, -0.2) is 18.2 Å². The number of aromatic nitrogens is 3. The Labute approximate surface area is 112 Å². The summed E-state index contributed by atoms with van der Waals surface area (Å²) in [6.07, 6.45) is 5.37. The summed E-state index contributed by atoms with van der Waals surface area (Å²) in [5.74, 6) is 0. The summed E-state index contributed by atoms with van der Waals surface area (Å²) in [5, 5.41) is 3.15. The Hall–Kier alpha value is -1.44. The van der Waals surface area contributed by atoms with E-state index in [-0.39, 0.29) is 5.16 Å². The number of amides is 1. The Morgan fingerprint density at radius 3 is 2.53 bits per heavy atom. The summed E-state index contributed by atoms with van der Waals surface area (Å²) in [7, 11) is -0.377. The van der Waals surface area contributed by atoms with Gasteiger partial charge in [-0.1, -0.05) is 19.3 Å². The SMILES string of the molecule is CN(C)C(=O)n1cnc(S(=O)(=O)C2CCCCC2)n1. The van der Waals surface area contributed by atoms with Gasteiger partial charge in [0, 0.05) is 14.1 Å². The fraction of sp³-hybridized carbons (Fsp3) is 0.727. The molecule has 0 N–H and O–H groups in total. The highest BCUT2D eigenvalue weighted by molar-refractivity contribution is 7.91. The van der Waals surface area contributed by atoms with Crippen LogP contribution in [0.3, 0.4) is 0 Å². The van der Waals surface area contributed by atoms with Crippen molar-refractivity contribution in [2.45, 2.75) is 42.5 Å². The van der Waals surface area contributed by atoms with Gasteiger partial charge < -0.3 is 4.90 Å². The van der Waals surface area contributed by atoms with Gasteiger partial charge in [-0.15, -0.1) is 5.10 Å². The van der Waals surface area contributed by atoms with Crippen LogP contribution in [-0.4, -0.2) is 53.5 Å². The summed E-state index contributed by atoms with van der Waals surface area (Å²) < 4.78 is 25.6. The van der Waals surface area contributed by atoms with E-state index in [1.54, 1.807) is 14.1 Å². The monoisotopic (exact) mass is 286 g/mol. The maximum Gasteiger partial charge on any atom is 0.345 e. The molecule has 8 heteroatoms. The van der Waals surface area contributed by atoms with Crippen molar-refractivity contribution in [1.29, 1.82) is 0 Å². The molecule has 1 aromatic heterocycles. The lowest BCUT2D eigenvalue weighted by Crippen LogP contribution is -2.29. The maximum atomic E-state index is 12.3. The fourth-order valence-corrected chi connectivity index (χ4v) is 3.85. The quantitative estimate of drug-likeness (QED) is 0.807. The Morgan fingerprint density at radius 2 is 1.95 bits per heavy atom. The lowest BCUT2D eigenvalue weighted by atomic mass is 10.0. The first-order valence-corrected chi connectivity index (χ1v) is 7.85. The smallest absolute Gasteiger partial charge is 0.329 e. The van der Waals surface area contributed by atoms with Gasteiger partial charge in [0.2, 0.25) is 9.84 Å². The van der Waals surface area contributed by atoms with Crippen molar-refractivity contribution >= 4 is 15.9 Å². The molecule has 1 aliphatic carbocycles. The molecule has 19 heavy (non-hydrogen) atoms. The first kappa shape index (κ1) is 14.0. The molecule has 0 aromatic carbocycles. The molecule has 1 saturated carbocycles. The Morgan fingerprint density at radius 1 is 1.32 bits per heavy atom. The van der Waals surface area contributed by atoms with Gasteiger partial charge >= 0.3 is 6.03 Å². The fourth-order valence-electron chi connectivity index (χ4n) is 2.20. The molecule has 0 radical (unpaired) electrons. The van der Waals surface area contributed by atoms with Crippen LogP contribution in [-0.2, 0) is 9.84 Å². The van der Waals surface area contributed by atoms with Crippen molar-refractivity contribution < 1.29 is 13.2 Å². The number of sulfone groups is 1. The third-order valence-corrected chi connectivity index (χ3v) is 5.34. The van der Waals surface area contributed by atoms with Crippen molar-refractivity contribution in [3.05, 3.63) is 6.33 Å². The number of hydrogen-bond acceptors (Lipinski definition) is 5. The van der Waals surface area contributed by atoms with Gasteiger partial charge in [0.25, 0.3) is 5.16 Å². The molecule has 1 fully saturated rings. The molecule has 0 atom stereocenters. The van der Waals surface area contributed by atoms with Gasteiger partial charge in [0.05, 0.1) is 5.25 Å². The van der Waals surface area contributed by atoms with Crippen LogP contribution in [0.4, 0.5) is 4.79 Å². The van der Waals surface area contributed by atoms with Crippen LogP contribution in [0.25, 0.3) is 0 Å². The molecule has 0 saturated heterocycles. The van der Waals surface area contributed by atoms with Crippen LogP contribution in [0.2, 0.25) is 0 Å². The molecule has 0 bridgehead atoms. The third-order valence-electron chi connectivity index (χ3n) is 3.29. The summed E-state index contributed by atoms with van der Waals surface area (Å²) in [6.45, 7) is 0. The highest BCUT2D eigenvalue weighted by Crippen LogP contribution is 2.26. The van der Waals surface area contributed by atoms with Crippen LogP contribution < -0.4 is 0 Å². The predicted octanol–water partition coefficient (Wildman–Crippen LogP) is 0.914. The minimum Gasteiger partial charge on any atom is -0.329 e. The molecule has 1 heterocycles. The first-order chi connectivity index (χ1) is 8.93. The molecular weight excluding hydrogens is 268 g/mol. The number of hydrogen-bond donors (Lipinski definition) is 0. The summed E-state index contributed by atoms with van der Waals surface area (Å²) in [4.78, 5) is 16.7. The van der Waals surface area contributed by atoms with E-state index in [9.17, 15) is 13.2 Å². The van der Waals surface area contributed by atoms with Crippen LogP contribution in [0, 0.1) is 0 Å². The Balaban J connectivity index is 2.24. The van der Waals surface area contributed by atoms with E-state index >= 15 is 0 Å². The van der Waals surface area contributed by atoms with Gasteiger partial charge in [-0.3, -0.25) is 0 Å². The minimum absolute atomic E-state index is 0.241. The molecule has 0 unspecified atom stereocenters. The van der Waals surface area contributed by atoms with Gasteiger partial charge in [0.1, 0.15) is 6.33 Å². The van der Waals surface area contributed by atoms with E-state index in [0.717, 1.165) is 30.3 Å². The molecule has 1 aromatic rings. The van der Waals surface area contributed by atoms with Gasteiger partial charge in [-0.2, -0.15) is 4.68 Å². The molecule has 7 nitrogen and oxygen atoms in total. The Kier molecular flexibility index (Phi) is 3.88. The lowest BCUT2D eigenvalue weighted by molar-refractivity contribution is 0.215. The zero-order chi connectivity index (χ0) is 14.0. The largest absolute Gasteiger partial charge is 0.345 e. The van der Waals surface area contributed by atoms with Crippen molar-refractivity contribution in [2.24, 2.45) is 0 Å².